The van der Waals surface area contributed by atoms with Crippen LogP contribution in [-0.2, 0) is 13.0 Å². The first-order chi connectivity index (χ1) is 14.2. The molecule has 0 bridgehead atoms. The summed E-state index contributed by atoms with van der Waals surface area (Å²) >= 11 is -0.832. The molecule has 1 aliphatic heterocycles. The molecular weight excluding hydrogens is 465 g/mol. The molecule has 5 nitrogen and oxygen atoms in total. The van der Waals surface area contributed by atoms with Crippen LogP contribution in [0.15, 0.2) is 18.5 Å². The summed E-state index contributed by atoms with van der Waals surface area (Å²) in [5.41, 5.74) is 2.38. The van der Waals surface area contributed by atoms with Gasteiger partial charge in [0.15, 0.2) is 0 Å². The fraction of sp³-hybridized carbons (Fsp3) is 0.696. The van der Waals surface area contributed by atoms with Crippen LogP contribution in [0.2, 0.25) is 3.43 Å². The molecule has 1 aliphatic rings. The normalized spacial score (nSPS) is 13.6. The standard InChI is InChI=1S/C13H27.C10H10N5.Sn/c1-4-7-10-13(11-8-5-2)12-9-6-3;1-3-9-8(7-13-15(9)6-1)14-10-11-4-2-5-12-10;/h4-12H2,1-3H3;2,4,7H,1,3,6H2,(H,11,12,14);. The minimum atomic E-state index is -0.832. The zero-order valence-electron chi connectivity index (χ0n) is 18.5. The number of anilines is 2. The van der Waals surface area contributed by atoms with Gasteiger partial charge in [0.2, 0.25) is 0 Å². The minimum absolute atomic E-state index is 0.552. The Labute approximate surface area is 186 Å². The maximum atomic E-state index is 5.00. The summed E-state index contributed by atoms with van der Waals surface area (Å²) < 4.78 is 4.00. The quantitative estimate of drug-likeness (QED) is 0.372. The van der Waals surface area contributed by atoms with Gasteiger partial charge in [-0.15, -0.1) is 0 Å². The zero-order chi connectivity index (χ0) is 20.5. The molecule has 0 amide bonds. The Bertz CT molecular complexity index is 736. The van der Waals surface area contributed by atoms with Gasteiger partial charge in [0, 0.05) is 0 Å². The average Bonchev–Trinajstić information content (AvgIpc) is 3.34. The average molecular weight is 502 g/mol. The summed E-state index contributed by atoms with van der Waals surface area (Å²) in [6, 6.07) is 2.19. The van der Waals surface area contributed by atoms with Crippen LogP contribution in [0.25, 0.3) is 0 Å². The van der Waals surface area contributed by atoms with Gasteiger partial charge >= 0.3 is 187 Å². The second kappa shape index (κ2) is 11.3. The van der Waals surface area contributed by atoms with Gasteiger partial charge in [-0.05, 0) is 0 Å². The molecule has 0 unspecified atom stereocenters. The molecule has 2 aromatic heterocycles. The molecule has 0 saturated heterocycles. The Hall–Kier alpha value is -1.11. The summed E-state index contributed by atoms with van der Waals surface area (Å²) in [4.78, 5) is 9.52. The predicted molar refractivity (Wildman–Crippen MR) is 123 cm³/mol. The van der Waals surface area contributed by atoms with E-state index in [0.717, 1.165) is 24.6 Å². The molecule has 2 radical (unpaired) electrons. The van der Waals surface area contributed by atoms with Crippen molar-refractivity contribution in [2.24, 2.45) is 0 Å². The molecule has 3 heterocycles. The Morgan fingerprint density at radius 1 is 1.07 bits per heavy atom. The van der Waals surface area contributed by atoms with E-state index < -0.39 is 21.1 Å². The van der Waals surface area contributed by atoms with Crippen LogP contribution in [-0.4, -0.2) is 40.9 Å². The summed E-state index contributed by atoms with van der Waals surface area (Å²) in [7, 11) is 0. The molecule has 1 N–H and O–H groups in total. The zero-order valence-corrected chi connectivity index (χ0v) is 21.4. The fourth-order valence-electron chi connectivity index (χ4n) is 4.36. The number of nitrogens with zero attached hydrogens (tertiary/aromatic N) is 4. The van der Waals surface area contributed by atoms with E-state index in [-0.39, 0.29) is 0 Å². The van der Waals surface area contributed by atoms with E-state index in [1.54, 1.807) is 0 Å². The van der Waals surface area contributed by atoms with Crippen LogP contribution in [0, 0.1) is 0 Å². The Morgan fingerprint density at radius 2 is 1.76 bits per heavy atom. The summed E-state index contributed by atoms with van der Waals surface area (Å²) in [6.07, 6.45) is 18.3. The molecule has 0 fully saturated rings. The van der Waals surface area contributed by atoms with Crippen molar-refractivity contribution in [1.82, 2.24) is 19.7 Å². The molecule has 29 heavy (non-hydrogen) atoms. The molecule has 0 atom stereocenters. The maximum absolute atomic E-state index is 5.00. The number of hydrogen-bond acceptors (Lipinski definition) is 4. The number of nitrogens with one attached hydrogen (secondary N) is 1. The van der Waals surface area contributed by atoms with Gasteiger partial charge in [-0.2, -0.15) is 0 Å². The van der Waals surface area contributed by atoms with Gasteiger partial charge in [0.05, 0.1) is 0 Å². The molecule has 158 valence electrons. The van der Waals surface area contributed by atoms with Crippen molar-refractivity contribution < 1.29 is 0 Å². The number of aromatic nitrogens is 4. The van der Waals surface area contributed by atoms with E-state index >= 15 is 0 Å². The number of unbranched alkanes of at least 4 members (excludes halogenated alkanes) is 3. The Kier molecular flexibility index (Phi) is 8.82. The molecular formula is C23H37N5Sn. The summed E-state index contributed by atoms with van der Waals surface area (Å²) in [6.45, 7) is 8.01. The van der Waals surface area contributed by atoms with Gasteiger partial charge in [-0.3, -0.25) is 0 Å². The van der Waals surface area contributed by atoms with Crippen LogP contribution in [0.1, 0.15) is 90.7 Å². The number of rotatable bonds is 13. The van der Waals surface area contributed by atoms with Crippen molar-refractivity contribution >= 4 is 36.5 Å². The van der Waals surface area contributed by atoms with E-state index in [2.05, 4.69) is 46.9 Å². The van der Waals surface area contributed by atoms with Gasteiger partial charge in [-0.25, -0.2) is 0 Å². The first-order valence-electron chi connectivity index (χ1n) is 11.6. The Morgan fingerprint density at radius 3 is 2.41 bits per heavy atom. The molecule has 2 aromatic rings. The molecule has 6 heteroatoms. The number of hydrogen-bond donors (Lipinski definition) is 1. The van der Waals surface area contributed by atoms with Crippen molar-refractivity contribution in [3.05, 3.63) is 24.2 Å². The van der Waals surface area contributed by atoms with Gasteiger partial charge in [0.25, 0.3) is 0 Å². The third-order valence-corrected chi connectivity index (χ3v) is 11.2. The third-order valence-electron chi connectivity index (χ3n) is 6.05. The van der Waals surface area contributed by atoms with Crippen molar-refractivity contribution in [3.8, 4) is 0 Å². The third kappa shape index (κ3) is 6.19. The van der Waals surface area contributed by atoms with Crippen LogP contribution in [0.4, 0.5) is 11.6 Å². The van der Waals surface area contributed by atoms with Crippen LogP contribution in [0.5, 0.6) is 0 Å². The first-order valence-corrected chi connectivity index (χ1v) is 14.5. The monoisotopic (exact) mass is 503 g/mol. The van der Waals surface area contributed by atoms with E-state index in [9.17, 15) is 0 Å². The van der Waals surface area contributed by atoms with Crippen molar-refractivity contribution in [2.75, 3.05) is 5.32 Å². The molecule has 0 saturated carbocycles. The SMILES string of the molecule is CCCC[C](CCCC)(CCCC)[Sn][c]1ccnc(Nc2cnn3c2CCC3)n1. The molecule has 0 aromatic carbocycles. The number of fused-ring (bicyclic) bond motifs is 1. The van der Waals surface area contributed by atoms with Crippen LogP contribution < -0.4 is 9.03 Å². The van der Waals surface area contributed by atoms with Crippen molar-refractivity contribution in [1.29, 1.82) is 0 Å². The summed E-state index contributed by atoms with van der Waals surface area (Å²) in [5, 5.41) is 7.95. The van der Waals surface area contributed by atoms with Crippen molar-refractivity contribution in [3.63, 3.8) is 0 Å². The van der Waals surface area contributed by atoms with Crippen LogP contribution >= 0.6 is 0 Å². The van der Waals surface area contributed by atoms with Gasteiger partial charge in [-0.1, -0.05) is 0 Å². The van der Waals surface area contributed by atoms with Crippen LogP contribution in [0.3, 0.4) is 0 Å². The summed E-state index contributed by atoms with van der Waals surface area (Å²) in [5.74, 6) is 0.751. The fourth-order valence-corrected chi connectivity index (χ4v) is 9.40. The van der Waals surface area contributed by atoms with E-state index in [0.29, 0.717) is 3.43 Å². The van der Waals surface area contributed by atoms with Crippen molar-refractivity contribution in [2.45, 2.75) is 101 Å². The van der Waals surface area contributed by atoms with E-state index in [1.807, 2.05) is 12.4 Å². The predicted octanol–water partition coefficient (Wildman–Crippen LogP) is 5.42. The van der Waals surface area contributed by atoms with Gasteiger partial charge < -0.3 is 0 Å². The van der Waals surface area contributed by atoms with E-state index in [1.165, 1.54) is 73.6 Å². The first kappa shape index (κ1) is 22.6. The molecule has 3 rings (SSSR count). The second-order valence-electron chi connectivity index (χ2n) is 8.44. The topological polar surface area (TPSA) is 55.6 Å². The second-order valence-corrected chi connectivity index (χ2v) is 13.6. The number of aryl methyl sites for hydroxylation is 1. The molecule has 0 spiro atoms. The Balaban J connectivity index is 1.76. The van der Waals surface area contributed by atoms with E-state index in [4.69, 9.17) is 4.98 Å². The molecule has 0 aliphatic carbocycles. The van der Waals surface area contributed by atoms with Gasteiger partial charge in [0.1, 0.15) is 0 Å².